The van der Waals surface area contributed by atoms with Gasteiger partial charge in [0.15, 0.2) is 0 Å². The van der Waals surface area contributed by atoms with Gasteiger partial charge in [0, 0.05) is 13.0 Å². The van der Waals surface area contributed by atoms with E-state index < -0.39 is 10.1 Å². The maximum Gasteiger partial charge on any atom is 0.285 e. The molecule has 1 heterocycles. The number of nitrogens with one attached hydrogen (secondary N) is 1. The Bertz CT molecular complexity index is 298. The van der Waals surface area contributed by atoms with Gasteiger partial charge in [0.25, 0.3) is 10.1 Å². The van der Waals surface area contributed by atoms with Crippen molar-refractivity contribution in [2.45, 2.75) is 32.1 Å². The molecule has 0 aliphatic carbocycles. The highest BCUT2D eigenvalue weighted by atomic mass is 32.2. The van der Waals surface area contributed by atoms with Crippen LogP contribution in [0, 0.1) is 0 Å². The minimum absolute atomic E-state index is 0.634. The molecule has 0 radical (unpaired) electrons. The summed E-state index contributed by atoms with van der Waals surface area (Å²) in [6.07, 6.45) is 6.21. The van der Waals surface area contributed by atoms with E-state index in [9.17, 15) is 8.42 Å². The molecule has 0 unspecified atom stereocenters. The quantitative estimate of drug-likeness (QED) is 0.700. The lowest BCUT2D eigenvalue weighted by Crippen LogP contribution is -2.27. The minimum atomic E-state index is -3.44. The van der Waals surface area contributed by atoms with Crippen LogP contribution in [0.5, 0.6) is 0 Å². The summed E-state index contributed by atoms with van der Waals surface area (Å²) in [6, 6.07) is 0. The summed E-state index contributed by atoms with van der Waals surface area (Å²) in [6.45, 7) is 0.745. The summed E-state index contributed by atoms with van der Waals surface area (Å²) in [5.74, 6) is 0.634. The number of aliphatic imine (C=N–C) groups is 1. The Labute approximate surface area is 84.6 Å². The Kier molecular flexibility index (Phi) is 4.34. The Morgan fingerprint density at radius 1 is 1.29 bits per heavy atom. The third-order valence-electron chi connectivity index (χ3n) is 1.94. The van der Waals surface area contributed by atoms with E-state index in [4.69, 9.17) is 0 Å². The fourth-order valence-electron chi connectivity index (χ4n) is 1.26. The molecule has 0 aromatic rings. The molecule has 0 bridgehead atoms. The van der Waals surface area contributed by atoms with Gasteiger partial charge in [-0.15, -0.1) is 0 Å². The van der Waals surface area contributed by atoms with E-state index in [1.165, 1.54) is 12.8 Å². The molecule has 1 aliphatic rings. The van der Waals surface area contributed by atoms with E-state index in [0.717, 1.165) is 32.1 Å². The van der Waals surface area contributed by atoms with E-state index >= 15 is 0 Å². The molecule has 1 rings (SSSR count). The number of hydrogen-bond donors (Lipinski definition) is 1. The van der Waals surface area contributed by atoms with Gasteiger partial charge in [-0.05, 0) is 12.8 Å². The Morgan fingerprint density at radius 2 is 2.00 bits per heavy atom. The SMILES string of the molecule is CS(=O)(=O)ONC1=NCCCCCC1. The third kappa shape index (κ3) is 5.18. The number of hydroxylamine groups is 1. The Balaban J connectivity index is 2.41. The predicted octanol–water partition coefficient (Wildman–Crippen LogP) is 0.830. The zero-order chi connectivity index (χ0) is 10.4. The lowest BCUT2D eigenvalue weighted by Gasteiger charge is -2.11. The summed E-state index contributed by atoms with van der Waals surface area (Å²) in [5.41, 5.74) is 2.39. The van der Waals surface area contributed by atoms with Gasteiger partial charge in [0.05, 0.1) is 6.26 Å². The molecule has 1 N–H and O–H groups in total. The number of nitrogens with zero attached hydrogens (tertiary/aromatic N) is 1. The summed E-state index contributed by atoms with van der Waals surface area (Å²) in [4.78, 5) is 4.20. The number of rotatable bonds is 2. The van der Waals surface area contributed by atoms with E-state index in [1.54, 1.807) is 0 Å². The number of amidine groups is 1. The number of hydrogen-bond acceptors (Lipinski definition) is 5. The van der Waals surface area contributed by atoms with Crippen LogP contribution in [0.15, 0.2) is 4.99 Å². The molecule has 0 fully saturated rings. The topological polar surface area (TPSA) is 67.8 Å². The zero-order valence-corrected chi connectivity index (χ0v) is 9.14. The predicted molar refractivity (Wildman–Crippen MR) is 54.5 cm³/mol. The van der Waals surface area contributed by atoms with Crippen LogP contribution >= 0.6 is 0 Å². The van der Waals surface area contributed by atoms with Crippen LogP contribution in [0.3, 0.4) is 0 Å². The van der Waals surface area contributed by atoms with E-state index in [1.807, 2.05) is 0 Å². The molecule has 0 spiro atoms. The first kappa shape index (κ1) is 11.5. The third-order valence-corrected chi connectivity index (χ3v) is 2.32. The van der Waals surface area contributed by atoms with Gasteiger partial charge in [-0.1, -0.05) is 12.8 Å². The molecule has 0 amide bonds. The van der Waals surface area contributed by atoms with Gasteiger partial charge in [-0.25, -0.2) is 5.48 Å². The van der Waals surface area contributed by atoms with Crippen molar-refractivity contribution >= 4 is 16.0 Å². The summed E-state index contributed by atoms with van der Waals surface area (Å²) in [7, 11) is -3.44. The van der Waals surface area contributed by atoms with Gasteiger partial charge < -0.3 is 0 Å². The smallest absolute Gasteiger partial charge is 0.271 e. The molecule has 0 aromatic heterocycles. The standard InChI is InChI=1S/C8H16N2O3S/c1-14(11,12)13-10-8-6-4-2-3-5-7-9-8/h2-7H2,1H3,(H,9,10). The van der Waals surface area contributed by atoms with Crippen molar-refractivity contribution in [2.75, 3.05) is 12.8 Å². The molecule has 0 aromatic carbocycles. The van der Waals surface area contributed by atoms with Crippen LogP contribution in [-0.4, -0.2) is 27.1 Å². The normalized spacial score (nSPS) is 19.4. The van der Waals surface area contributed by atoms with Crippen LogP contribution in [0.2, 0.25) is 0 Å². The van der Waals surface area contributed by atoms with Crippen LogP contribution in [-0.2, 0) is 14.4 Å². The van der Waals surface area contributed by atoms with Crippen molar-refractivity contribution in [1.82, 2.24) is 5.48 Å². The zero-order valence-electron chi connectivity index (χ0n) is 8.32. The highest BCUT2D eigenvalue weighted by Crippen LogP contribution is 2.07. The second-order valence-electron chi connectivity index (χ2n) is 3.38. The van der Waals surface area contributed by atoms with Crippen molar-refractivity contribution in [3.8, 4) is 0 Å². The maximum absolute atomic E-state index is 10.7. The van der Waals surface area contributed by atoms with Crippen molar-refractivity contribution in [3.05, 3.63) is 0 Å². The maximum atomic E-state index is 10.7. The van der Waals surface area contributed by atoms with Gasteiger partial charge in [0.1, 0.15) is 5.84 Å². The Hall–Kier alpha value is -0.620. The first-order chi connectivity index (χ1) is 6.58. The summed E-state index contributed by atoms with van der Waals surface area (Å²) in [5, 5.41) is 0. The first-order valence-corrected chi connectivity index (χ1v) is 6.57. The van der Waals surface area contributed by atoms with Crippen molar-refractivity contribution < 1.29 is 12.7 Å². The molecule has 6 heteroatoms. The monoisotopic (exact) mass is 220 g/mol. The van der Waals surface area contributed by atoms with E-state index in [-0.39, 0.29) is 0 Å². The average Bonchev–Trinajstić information content (AvgIpc) is 2.00. The van der Waals surface area contributed by atoms with Crippen molar-refractivity contribution in [3.63, 3.8) is 0 Å². The Morgan fingerprint density at radius 3 is 2.71 bits per heavy atom. The second-order valence-corrected chi connectivity index (χ2v) is 4.96. The fourth-order valence-corrected chi connectivity index (χ4v) is 1.51. The second kappa shape index (κ2) is 5.31. The molecule has 14 heavy (non-hydrogen) atoms. The molecule has 1 aliphatic heterocycles. The van der Waals surface area contributed by atoms with Gasteiger partial charge in [-0.3, -0.25) is 4.99 Å². The fraction of sp³-hybridized carbons (Fsp3) is 0.875. The molecular formula is C8H16N2O3S. The molecule has 82 valence electrons. The van der Waals surface area contributed by atoms with E-state index in [2.05, 4.69) is 14.8 Å². The molecule has 0 atom stereocenters. The first-order valence-electron chi connectivity index (χ1n) is 4.76. The summed E-state index contributed by atoms with van der Waals surface area (Å²) < 4.78 is 25.8. The molecule has 5 nitrogen and oxygen atoms in total. The van der Waals surface area contributed by atoms with Crippen LogP contribution < -0.4 is 5.48 Å². The molecule has 0 saturated carbocycles. The minimum Gasteiger partial charge on any atom is -0.271 e. The summed E-state index contributed by atoms with van der Waals surface area (Å²) >= 11 is 0. The lowest BCUT2D eigenvalue weighted by molar-refractivity contribution is 0.267. The van der Waals surface area contributed by atoms with Crippen molar-refractivity contribution in [1.29, 1.82) is 0 Å². The lowest BCUT2D eigenvalue weighted by atomic mass is 10.1. The average molecular weight is 220 g/mol. The van der Waals surface area contributed by atoms with Gasteiger partial charge >= 0.3 is 0 Å². The largest absolute Gasteiger partial charge is 0.285 e. The highest BCUT2D eigenvalue weighted by molar-refractivity contribution is 7.85. The van der Waals surface area contributed by atoms with Crippen molar-refractivity contribution in [2.24, 2.45) is 4.99 Å². The van der Waals surface area contributed by atoms with Gasteiger partial charge in [0.2, 0.25) is 0 Å². The van der Waals surface area contributed by atoms with Crippen LogP contribution in [0.1, 0.15) is 32.1 Å². The van der Waals surface area contributed by atoms with Gasteiger partial charge in [-0.2, -0.15) is 12.7 Å². The molecule has 0 saturated heterocycles. The molecular weight excluding hydrogens is 204 g/mol. The van der Waals surface area contributed by atoms with Crippen LogP contribution in [0.25, 0.3) is 0 Å². The van der Waals surface area contributed by atoms with Crippen LogP contribution in [0.4, 0.5) is 0 Å². The van der Waals surface area contributed by atoms with E-state index in [0.29, 0.717) is 5.84 Å². The highest BCUT2D eigenvalue weighted by Gasteiger charge is 2.06.